The number of rotatable bonds is 12. The third kappa shape index (κ3) is 7.84. The minimum absolute atomic E-state index is 0.00712. The number of nitro benzene ring substituents is 1. The van der Waals surface area contributed by atoms with Crippen LogP contribution in [0.25, 0.3) is 0 Å². The summed E-state index contributed by atoms with van der Waals surface area (Å²) in [6, 6.07) is 16.3. The van der Waals surface area contributed by atoms with Crippen LogP contribution in [-0.4, -0.2) is 48.7 Å². The highest BCUT2D eigenvalue weighted by Crippen LogP contribution is 2.28. The van der Waals surface area contributed by atoms with Crippen LogP contribution < -0.4 is 9.62 Å². The minimum Gasteiger partial charge on any atom is -0.352 e. The number of nitrogens with zero attached hydrogens (tertiary/aromatic N) is 3. The molecule has 1 N–H and O–H groups in total. The number of benzene rings is 3. The van der Waals surface area contributed by atoms with Gasteiger partial charge in [-0.05, 0) is 61.2 Å². The molecule has 0 heterocycles. The number of hydrogen-bond acceptors (Lipinski definition) is 6. The zero-order valence-corrected chi connectivity index (χ0v) is 25.8. The first kappa shape index (κ1) is 32.2. The number of carbonyl (C=O) groups excluding carboxylic acids is 2. The van der Waals surface area contributed by atoms with Crippen molar-refractivity contribution < 1.29 is 22.9 Å². The summed E-state index contributed by atoms with van der Waals surface area (Å²) in [5.74, 6) is -0.988. The molecule has 1 fully saturated rings. The first-order chi connectivity index (χ1) is 20.5. The number of hydrogen-bond donors (Lipinski definition) is 1. The molecule has 1 atom stereocenters. The van der Waals surface area contributed by atoms with Gasteiger partial charge in [-0.15, -0.1) is 0 Å². The molecule has 13 heteroatoms. The van der Waals surface area contributed by atoms with Crippen LogP contribution in [0.3, 0.4) is 0 Å². The molecular weight excluding hydrogens is 615 g/mol. The fraction of sp³-hybridized carbons (Fsp3) is 0.333. The Labute approximate surface area is 260 Å². The van der Waals surface area contributed by atoms with Crippen molar-refractivity contribution in [1.29, 1.82) is 0 Å². The van der Waals surface area contributed by atoms with Gasteiger partial charge in [0.15, 0.2) is 0 Å². The van der Waals surface area contributed by atoms with Gasteiger partial charge in [-0.1, -0.05) is 67.2 Å². The van der Waals surface area contributed by atoms with Crippen molar-refractivity contribution in [2.24, 2.45) is 0 Å². The Morgan fingerprint density at radius 1 is 1.02 bits per heavy atom. The van der Waals surface area contributed by atoms with Crippen LogP contribution >= 0.6 is 23.2 Å². The van der Waals surface area contributed by atoms with E-state index in [2.05, 4.69) is 5.32 Å². The van der Waals surface area contributed by atoms with Gasteiger partial charge in [0, 0.05) is 34.8 Å². The van der Waals surface area contributed by atoms with E-state index in [0.717, 1.165) is 30.0 Å². The molecule has 1 saturated carbocycles. The highest BCUT2D eigenvalue weighted by molar-refractivity contribution is 7.92. The minimum atomic E-state index is -4.30. The molecule has 0 aliphatic heterocycles. The molecule has 1 unspecified atom stereocenters. The third-order valence-corrected chi connectivity index (χ3v) is 9.78. The molecule has 0 aromatic heterocycles. The molecule has 1 aliphatic carbocycles. The molecule has 1 aliphatic rings. The molecular formula is C30H32Cl2N4O6S. The van der Waals surface area contributed by atoms with E-state index in [0.29, 0.717) is 15.6 Å². The number of halogens is 2. The van der Waals surface area contributed by atoms with E-state index in [4.69, 9.17) is 23.2 Å². The average molecular weight is 648 g/mol. The third-order valence-electron chi connectivity index (χ3n) is 7.40. The maximum absolute atomic E-state index is 14.2. The second-order valence-corrected chi connectivity index (χ2v) is 13.0. The summed E-state index contributed by atoms with van der Waals surface area (Å²) in [4.78, 5) is 39.6. The summed E-state index contributed by atoms with van der Waals surface area (Å²) in [5, 5.41) is 15.0. The van der Waals surface area contributed by atoms with E-state index >= 15 is 0 Å². The number of amides is 2. The lowest BCUT2D eigenvalue weighted by Crippen LogP contribution is -2.53. The number of non-ortho nitro benzene ring substituents is 1. The largest absolute Gasteiger partial charge is 0.352 e. The van der Waals surface area contributed by atoms with Crippen molar-refractivity contribution in [2.75, 3.05) is 10.8 Å². The van der Waals surface area contributed by atoms with Crippen molar-refractivity contribution in [3.63, 3.8) is 0 Å². The van der Waals surface area contributed by atoms with E-state index in [1.54, 1.807) is 37.3 Å². The molecule has 2 amide bonds. The monoisotopic (exact) mass is 646 g/mol. The van der Waals surface area contributed by atoms with Crippen LogP contribution in [0, 0.1) is 10.1 Å². The number of nitrogens with one attached hydrogen (secondary N) is 1. The fourth-order valence-electron chi connectivity index (χ4n) is 5.11. The summed E-state index contributed by atoms with van der Waals surface area (Å²) >= 11 is 12.5. The molecule has 3 aromatic carbocycles. The number of anilines is 1. The Morgan fingerprint density at radius 2 is 1.67 bits per heavy atom. The van der Waals surface area contributed by atoms with E-state index in [1.807, 2.05) is 0 Å². The van der Waals surface area contributed by atoms with Gasteiger partial charge in [0.2, 0.25) is 11.8 Å². The standard InChI is InChI=1S/C30H32Cl2N4O6S/c1-2-28(30(38)33-23-8-6-7-9-23)34(19-21-12-13-22(31)18-27(21)32)29(37)20-35(24-14-16-25(17-15-24)36(39)40)43(41,42)26-10-4-3-5-11-26/h3-5,10-18,23,28H,2,6-9,19-20H2,1H3,(H,33,38). The van der Waals surface area contributed by atoms with Gasteiger partial charge in [0.05, 0.1) is 15.5 Å². The number of sulfonamides is 1. The maximum atomic E-state index is 14.2. The van der Waals surface area contributed by atoms with Crippen molar-refractivity contribution in [1.82, 2.24) is 10.2 Å². The van der Waals surface area contributed by atoms with Crippen LogP contribution in [0.1, 0.15) is 44.6 Å². The van der Waals surface area contributed by atoms with Crippen LogP contribution in [0.5, 0.6) is 0 Å². The summed E-state index contributed by atoms with van der Waals surface area (Å²) in [6.45, 7) is 1.02. The molecule has 0 saturated heterocycles. The zero-order chi connectivity index (χ0) is 31.1. The zero-order valence-electron chi connectivity index (χ0n) is 23.5. The number of nitro groups is 1. The Hall–Kier alpha value is -3.67. The van der Waals surface area contributed by atoms with Gasteiger partial charge >= 0.3 is 0 Å². The quantitative estimate of drug-likeness (QED) is 0.191. The van der Waals surface area contributed by atoms with E-state index in [1.165, 1.54) is 47.4 Å². The van der Waals surface area contributed by atoms with Gasteiger partial charge in [-0.3, -0.25) is 24.0 Å². The fourth-order valence-corrected chi connectivity index (χ4v) is 7.01. The first-order valence-corrected chi connectivity index (χ1v) is 16.1. The molecule has 0 spiro atoms. The second kappa shape index (κ2) is 14.2. The summed E-state index contributed by atoms with van der Waals surface area (Å²) in [7, 11) is -4.30. The number of carbonyl (C=O) groups is 2. The summed E-state index contributed by atoms with van der Waals surface area (Å²) in [6.07, 6.45) is 3.97. The van der Waals surface area contributed by atoms with E-state index in [9.17, 15) is 28.1 Å². The summed E-state index contributed by atoms with van der Waals surface area (Å²) in [5.41, 5.74) is 0.343. The second-order valence-electron chi connectivity index (χ2n) is 10.3. The smallest absolute Gasteiger partial charge is 0.269 e. The lowest BCUT2D eigenvalue weighted by atomic mass is 10.1. The lowest BCUT2D eigenvalue weighted by molar-refractivity contribution is -0.384. The Morgan fingerprint density at radius 3 is 2.26 bits per heavy atom. The highest BCUT2D eigenvalue weighted by atomic mass is 35.5. The molecule has 228 valence electrons. The first-order valence-electron chi connectivity index (χ1n) is 13.9. The van der Waals surface area contributed by atoms with E-state index in [-0.39, 0.29) is 41.2 Å². The topological polar surface area (TPSA) is 130 Å². The average Bonchev–Trinajstić information content (AvgIpc) is 3.50. The molecule has 3 aromatic rings. The van der Waals surface area contributed by atoms with Crippen molar-refractivity contribution in [3.05, 3.63) is 98.5 Å². The van der Waals surface area contributed by atoms with Crippen LogP contribution in [-0.2, 0) is 26.2 Å². The van der Waals surface area contributed by atoms with E-state index < -0.39 is 33.4 Å². The van der Waals surface area contributed by atoms with Crippen molar-refractivity contribution in [3.8, 4) is 0 Å². The normalized spacial score (nSPS) is 14.2. The van der Waals surface area contributed by atoms with Crippen LogP contribution in [0.2, 0.25) is 10.0 Å². The van der Waals surface area contributed by atoms with Crippen molar-refractivity contribution in [2.45, 2.75) is 62.6 Å². The Balaban J connectivity index is 1.74. The predicted octanol–water partition coefficient (Wildman–Crippen LogP) is 5.96. The van der Waals surface area contributed by atoms with Gasteiger partial charge in [0.25, 0.3) is 15.7 Å². The molecule has 4 rings (SSSR count). The van der Waals surface area contributed by atoms with Crippen LogP contribution in [0.4, 0.5) is 11.4 Å². The molecule has 10 nitrogen and oxygen atoms in total. The molecule has 0 bridgehead atoms. The van der Waals surface area contributed by atoms with Gasteiger partial charge in [-0.2, -0.15) is 0 Å². The van der Waals surface area contributed by atoms with Gasteiger partial charge in [0.1, 0.15) is 12.6 Å². The highest BCUT2D eigenvalue weighted by Gasteiger charge is 2.35. The van der Waals surface area contributed by atoms with Crippen LogP contribution in [0.15, 0.2) is 77.7 Å². The lowest BCUT2D eigenvalue weighted by Gasteiger charge is -2.34. The van der Waals surface area contributed by atoms with Crippen molar-refractivity contribution >= 4 is 56.4 Å². The molecule has 43 heavy (non-hydrogen) atoms. The maximum Gasteiger partial charge on any atom is 0.269 e. The summed E-state index contributed by atoms with van der Waals surface area (Å²) < 4.78 is 28.6. The Kier molecular flexibility index (Phi) is 10.6. The molecule has 0 radical (unpaired) electrons. The van der Waals surface area contributed by atoms with Gasteiger partial charge in [-0.25, -0.2) is 8.42 Å². The SMILES string of the molecule is CCC(C(=O)NC1CCCC1)N(Cc1ccc(Cl)cc1Cl)C(=O)CN(c1ccc([N+](=O)[O-])cc1)S(=O)(=O)c1ccccc1. The van der Waals surface area contributed by atoms with Gasteiger partial charge < -0.3 is 10.2 Å². The predicted molar refractivity (Wildman–Crippen MR) is 166 cm³/mol. The Bertz CT molecular complexity index is 1570.